The van der Waals surface area contributed by atoms with E-state index in [0.717, 1.165) is 0 Å². The molecular formula is C21H30N4O6S. The molecule has 0 bridgehead atoms. The van der Waals surface area contributed by atoms with E-state index in [1.165, 1.54) is 25.6 Å². The van der Waals surface area contributed by atoms with Crippen molar-refractivity contribution >= 4 is 15.9 Å². The van der Waals surface area contributed by atoms with Gasteiger partial charge in [0.05, 0.1) is 38.3 Å². The molecule has 1 amide bonds. The second-order valence-corrected chi connectivity index (χ2v) is 9.43. The van der Waals surface area contributed by atoms with Crippen LogP contribution < -0.4 is 14.2 Å². The molecule has 0 radical (unpaired) electrons. The number of methoxy groups -OCH3 is 3. The fourth-order valence-electron chi connectivity index (χ4n) is 4.03. The van der Waals surface area contributed by atoms with Crippen molar-refractivity contribution in [2.45, 2.75) is 25.2 Å². The molecule has 176 valence electrons. The normalized spacial score (nSPS) is 15.4. The summed E-state index contributed by atoms with van der Waals surface area (Å²) in [7, 11) is 2.45. The van der Waals surface area contributed by atoms with Crippen LogP contribution in [0, 0.1) is 13.8 Å². The molecule has 3 rings (SSSR count). The largest absolute Gasteiger partial charge is 0.493 e. The Bertz CT molecular complexity index is 1110. The van der Waals surface area contributed by atoms with Crippen LogP contribution in [-0.4, -0.2) is 80.8 Å². The molecule has 0 aliphatic carbocycles. The minimum Gasteiger partial charge on any atom is -0.493 e. The predicted octanol–water partition coefficient (Wildman–Crippen LogP) is 1.60. The number of carbonyl (C=O) groups excluding carboxylic acids is 1. The van der Waals surface area contributed by atoms with Gasteiger partial charge in [-0.15, -0.1) is 0 Å². The van der Waals surface area contributed by atoms with Gasteiger partial charge in [-0.25, -0.2) is 8.42 Å². The van der Waals surface area contributed by atoms with Crippen molar-refractivity contribution in [1.29, 1.82) is 0 Å². The van der Waals surface area contributed by atoms with Crippen LogP contribution in [0.25, 0.3) is 0 Å². The number of sulfonamides is 1. The standard InChI is InChI=1S/C21H30N4O6S/c1-14-20(15(2)23(3)22-14)32(27,28)25-11-7-10-24(12-13-25)21(26)16-8-9-17(29-4)19(31-6)18(16)30-5/h8-9H,7,10-13H2,1-6H3. The van der Waals surface area contributed by atoms with Gasteiger partial charge in [-0.1, -0.05) is 0 Å². The lowest BCUT2D eigenvalue weighted by molar-refractivity contribution is 0.0760. The molecule has 1 saturated heterocycles. The van der Waals surface area contributed by atoms with Gasteiger partial charge in [0.25, 0.3) is 5.91 Å². The fourth-order valence-corrected chi connectivity index (χ4v) is 5.90. The summed E-state index contributed by atoms with van der Waals surface area (Å²) in [5.74, 6) is 0.821. The predicted molar refractivity (Wildman–Crippen MR) is 118 cm³/mol. The number of hydrogen-bond donors (Lipinski definition) is 0. The highest BCUT2D eigenvalue weighted by Crippen LogP contribution is 2.40. The zero-order valence-electron chi connectivity index (χ0n) is 19.3. The van der Waals surface area contributed by atoms with Gasteiger partial charge in [0.2, 0.25) is 15.8 Å². The molecule has 2 heterocycles. The molecule has 2 aromatic rings. The molecule has 1 aromatic carbocycles. The lowest BCUT2D eigenvalue weighted by Gasteiger charge is -2.23. The van der Waals surface area contributed by atoms with Gasteiger partial charge in [0.15, 0.2) is 11.5 Å². The highest BCUT2D eigenvalue weighted by Gasteiger charge is 2.33. The molecule has 0 spiro atoms. The summed E-state index contributed by atoms with van der Waals surface area (Å²) in [6.45, 7) is 4.63. The lowest BCUT2D eigenvalue weighted by atomic mass is 10.1. The van der Waals surface area contributed by atoms with Crippen molar-refractivity contribution in [1.82, 2.24) is 19.0 Å². The van der Waals surface area contributed by atoms with Crippen molar-refractivity contribution in [3.05, 3.63) is 29.1 Å². The molecule has 1 fully saturated rings. The fraction of sp³-hybridized carbons (Fsp3) is 0.524. The summed E-state index contributed by atoms with van der Waals surface area (Å²) in [5, 5.41) is 4.24. The number of benzene rings is 1. The first-order valence-corrected chi connectivity index (χ1v) is 11.7. The maximum atomic E-state index is 13.3. The highest BCUT2D eigenvalue weighted by atomic mass is 32.2. The molecule has 1 aliphatic heterocycles. The molecule has 1 aliphatic rings. The van der Waals surface area contributed by atoms with Crippen molar-refractivity contribution in [2.24, 2.45) is 7.05 Å². The van der Waals surface area contributed by atoms with Gasteiger partial charge in [0.1, 0.15) is 4.90 Å². The van der Waals surface area contributed by atoms with Crippen LogP contribution in [0.4, 0.5) is 0 Å². The van der Waals surface area contributed by atoms with E-state index in [1.807, 2.05) is 0 Å². The van der Waals surface area contributed by atoms with Crippen LogP contribution in [0.15, 0.2) is 17.0 Å². The summed E-state index contributed by atoms with van der Waals surface area (Å²) in [4.78, 5) is 15.2. The number of hydrogen-bond acceptors (Lipinski definition) is 7. The van der Waals surface area contributed by atoms with E-state index in [2.05, 4.69) is 5.10 Å². The Kier molecular flexibility index (Phi) is 6.99. The minimum atomic E-state index is -3.72. The Morgan fingerprint density at radius 1 is 0.969 bits per heavy atom. The van der Waals surface area contributed by atoms with Crippen molar-refractivity contribution < 1.29 is 27.4 Å². The van der Waals surface area contributed by atoms with Gasteiger partial charge < -0.3 is 19.1 Å². The summed E-state index contributed by atoms with van der Waals surface area (Å²) in [6, 6.07) is 3.28. The first-order valence-electron chi connectivity index (χ1n) is 10.3. The summed E-state index contributed by atoms with van der Waals surface area (Å²) in [5.41, 5.74) is 1.40. The first kappa shape index (κ1) is 23.9. The molecule has 0 atom stereocenters. The van der Waals surface area contributed by atoms with E-state index in [4.69, 9.17) is 14.2 Å². The summed E-state index contributed by atoms with van der Waals surface area (Å²) < 4.78 is 45.7. The first-order chi connectivity index (χ1) is 15.2. The zero-order chi connectivity index (χ0) is 23.6. The minimum absolute atomic E-state index is 0.192. The van der Waals surface area contributed by atoms with Crippen LogP contribution in [0.5, 0.6) is 17.2 Å². The third kappa shape index (κ3) is 4.14. The maximum absolute atomic E-state index is 13.3. The van der Waals surface area contributed by atoms with Crippen LogP contribution in [0.1, 0.15) is 28.2 Å². The molecule has 0 N–H and O–H groups in total. The van der Waals surface area contributed by atoms with Crippen molar-refractivity contribution in [3.8, 4) is 17.2 Å². The smallest absolute Gasteiger partial charge is 0.257 e. The van der Waals surface area contributed by atoms with E-state index in [0.29, 0.717) is 48.0 Å². The second-order valence-electron chi connectivity index (χ2n) is 7.56. The third-order valence-electron chi connectivity index (χ3n) is 5.72. The van der Waals surface area contributed by atoms with E-state index in [9.17, 15) is 13.2 Å². The number of nitrogens with zero attached hydrogens (tertiary/aromatic N) is 4. The van der Waals surface area contributed by atoms with Gasteiger partial charge in [-0.05, 0) is 32.4 Å². The van der Waals surface area contributed by atoms with Crippen LogP contribution in [0.3, 0.4) is 0 Å². The Morgan fingerprint density at radius 3 is 2.22 bits per heavy atom. The van der Waals surface area contributed by atoms with Crippen LogP contribution in [-0.2, 0) is 17.1 Å². The third-order valence-corrected chi connectivity index (χ3v) is 7.87. The van der Waals surface area contributed by atoms with Gasteiger partial charge in [-0.3, -0.25) is 9.48 Å². The van der Waals surface area contributed by atoms with Gasteiger partial charge in [0, 0.05) is 33.2 Å². The second kappa shape index (κ2) is 9.37. The average Bonchev–Trinajstić information content (AvgIpc) is 2.94. The van der Waals surface area contributed by atoms with E-state index < -0.39 is 10.0 Å². The molecule has 32 heavy (non-hydrogen) atoms. The van der Waals surface area contributed by atoms with E-state index in [-0.39, 0.29) is 29.6 Å². The highest BCUT2D eigenvalue weighted by molar-refractivity contribution is 7.89. The number of aromatic nitrogens is 2. The molecule has 11 heteroatoms. The number of aryl methyl sites for hydroxylation is 2. The number of amides is 1. The molecule has 1 aromatic heterocycles. The number of ether oxygens (including phenoxy) is 3. The summed E-state index contributed by atoms with van der Waals surface area (Å²) >= 11 is 0. The van der Waals surface area contributed by atoms with Crippen LogP contribution in [0.2, 0.25) is 0 Å². The molecule has 0 unspecified atom stereocenters. The number of rotatable bonds is 6. The average molecular weight is 467 g/mol. The monoisotopic (exact) mass is 466 g/mol. The maximum Gasteiger partial charge on any atom is 0.257 e. The van der Waals surface area contributed by atoms with E-state index in [1.54, 1.807) is 42.6 Å². The van der Waals surface area contributed by atoms with Crippen molar-refractivity contribution in [3.63, 3.8) is 0 Å². The Labute approximate surface area is 188 Å². The molecular weight excluding hydrogens is 436 g/mol. The lowest BCUT2D eigenvalue weighted by Crippen LogP contribution is -2.37. The zero-order valence-corrected chi connectivity index (χ0v) is 20.2. The Balaban J connectivity index is 1.85. The summed E-state index contributed by atoms with van der Waals surface area (Å²) in [6.07, 6.45) is 0.513. The quantitative estimate of drug-likeness (QED) is 0.637. The molecule has 10 nitrogen and oxygen atoms in total. The Morgan fingerprint density at radius 2 is 1.66 bits per heavy atom. The Hall–Kier alpha value is -2.79. The molecule has 0 saturated carbocycles. The van der Waals surface area contributed by atoms with Gasteiger partial charge >= 0.3 is 0 Å². The SMILES string of the molecule is COc1ccc(C(=O)N2CCCN(S(=O)(=O)c3c(C)nn(C)c3C)CC2)c(OC)c1OC. The van der Waals surface area contributed by atoms with Crippen molar-refractivity contribution in [2.75, 3.05) is 47.5 Å². The van der Waals surface area contributed by atoms with Crippen LogP contribution >= 0.6 is 0 Å². The topological polar surface area (TPSA) is 103 Å². The number of carbonyl (C=O) groups is 1. The van der Waals surface area contributed by atoms with E-state index >= 15 is 0 Å². The van der Waals surface area contributed by atoms with Gasteiger partial charge in [-0.2, -0.15) is 9.40 Å².